The number of nitrogens with one attached hydrogen (secondary N) is 1. The SMILES string of the molecule is O=C(O)c1cccc(F)c1C1=NOC(c2cccc(NC(=O)C(Cl)Cl)c2)C1. The number of rotatable bonds is 5. The number of carboxylic acids is 1. The maximum Gasteiger partial charge on any atom is 0.336 e. The minimum absolute atomic E-state index is 0.0934. The van der Waals surface area contributed by atoms with E-state index in [0.717, 1.165) is 0 Å². The largest absolute Gasteiger partial charge is 0.478 e. The van der Waals surface area contributed by atoms with Crippen molar-refractivity contribution in [1.29, 1.82) is 0 Å². The van der Waals surface area contributed by atoms with Crippen LogP contribution in [0.15, 0.2) is 47.6 Å². The standard InChI is InChI=1S/C18H13Cl2FN2O4/c19-16(20)17(24)22-10-4-1-3-9(7-10)14-8-13(23-27-14)15-11(18(25)26)5-2-6-12(15)21/h1-7,14,16H,8H2,(H,22,24)(H,25,26). The molecule has 0 bridgehead atoms. The summed E-state index contributed by atoms with van der Waals surface area (Å²) >= 11 is 11.0. The van der Waals surface area contributed by atoms with Gasteiger partial charge in [-0.25, -0.2) is 9.18 Å². The number of hydrogen-bond donors (Lipinski definition) is 2. The Kier molecular flexibility index (Phi) is 5.62. The molecule has 0 fully saturated rings. The Morgan fingerprint density at radius 1 is 1.26 bits per heavy atom. The van der Waals surface area contributed by atoms with Gasteiger partial charge in [-0.15, -0.1) is 0 Å². The molecule has 0 spiro atoms. The van der Waals surface area contributed by atoms with Gasteiger partial charge in [-0.1, -0.05) is 46.6 Å². The highest BCUT2D eigenvalue weighted by Crippen LogP contribution is 2.32. The number of amides is 1. The van der Waals surface area contributed by atoms with Crippen molar-refractivity contribution in [3.8, 4) is 0 Å². The number of halogens is 3. The average Bonchev–Trinajstić information content (AvgIpc) is 3.11. The lowest BCUT2D eigenvalue weighted by Crippen LogP contribution is -2.18. The zero-order valence-electron chi connectivity index (χ0n) is 13.7. The summed E-state index contributed by atoms with van der Waals surface area (Å²) in [6.45, 7) is 0. The molecule has 1 atom stereocenters. The first-order chi connectivity index (χ1) is 12.9. The van der Waals surface area contributed by atoms with Crippen LogP contribution in [0.1, 0.15) is 34.0 Å². The Morgan fingerprint density at radius 2 is 2.00 bits per heavy atom. The highest BCUT2D eigenvalue weighted by atomic mass is 35.5. The summed E-state index contributed by atoms with van der Waals surface area (Å²) in [7, 11) is 0. The van der Waals surface area contributed by atoms with Crippen LogP contribution in [-0.4, -0.2) is 27.5 Å². The molecule has 6 nitrogen and oxygen atoms in total. The molecule has 0 aromatic heterocycles. The second-order valence-corrected chi connectivity index (χ2v) is 6.82. The van der Waals surface area contributed by atoms with Crippen LogP contribution in [0.25, 0.3) is 0 Å². The predicted octanol–water partition coefficient (Wildman–Crippen LogP) is 4.13. The fraction of sp³-hybridized carbons (Fsp3) is 0.167. The first-order valence-electron chi connectivity index (χ1n) is 7.80. The Labute approximate surface area is 163 Å². The smallest absolute Gasteiger partial charge is 0.336 e. The topological polar surface area (TPSA) is 88.0 Å². The van der Waals surface area contributed by atoms with Gasteiger partial charge >= 0.3 is 5.97 Å². The van der Waals surface area contributed by atoms with Crippen LogP contribution in [0, 0.1) is 5.82 Å². The highest BCUT2D eigenvalue weighted by Gasteiger charge is 2.29. The second-order valence-electron chi connectivity index (χ2n) is 5.72. The van der Waals surface area contributed by atoms with Gasteiger partial charge < -0.3 is 15.3 Å². The van der Waals surface area contributed by atoms with Gasteiger partial charge in [0.2, 0.25) is 0 Å². The third-order valence-corrected chi connectivity index (χ3v) is 4.32. The minimum Gasteiger partial charge on any atom is -0.478 e. The summed E-state index contributed by atoms with van der Waals surface area (Å²) in [5.74, 6) is -2.51. The molecule has 1 heterocycles. The molecule has 2 N–H and O–H groups in total. The number of anilines is 1. The van der Waals surface area contributed by atoms with Crippen molar-refractivity contribution in [2.24, 2.45) is 5.16 Å². The monoisotopic (exact) mass is 410 g/mol. The highest BCUT2D eigenvalue weighted by molar-refractivity contribution is 6.54. The molecule has 0 radical (unpaired) electrons. The van der Waals surface area contributed by atoms with Gasteiger partial charge in [0.15, 0.2) is 10.9 Å². The van der Waals surface area contributed by atoms with Crippen molar-refractivity contribution in [3.05, 3.63) is 65.0 Å². The minimum atomic E-state index is -1.25. The zero-order chi connectivity index (χ0) is 19.6. The van der Waals surface area contributed by atoms with Crippen LogP contribution < -0.4 is 5.32 Å². The van der Waals surface area contributed by atoms with Gasteiger partial charge in [0.25, 0.3) is 5.91 Å². The van der Waals surface area contributed by atoms with E-state index < -0.39 is 28.6 Å². The molecule has 0 saturated carbocycles. The number of benzene rings is 2. The number of oxime groups is 1. The van der Waals surface area contributed by atoms with Gasteiger partial charge in [0.1, 0.15) is 5.82 Å². The maximum atomic E-state index is 14.2. The van der Waals surface area contributed by atoms with Gasteiger partial charge in [-0.05, 0) is 29.8 Å². The number of hydrogen-bond acceptors (Lipinski definition) is 4. The van der Waals surface area contributed by atoms with E-state index in [1.54, 1.807) is 24.3 Å². The fourth-order valence-corrected chi connectivity index (χ4v) is 2.82. The first kappa shape index (κ1) is 19.1. The molecule has 1 amide bonds. The van der Waals surface area contributed by atoms with E-state index in [9.17, 15) is 19.1 Å². The van der Waals surface area contributed by atoms with E-state index in [2.05, 4.69) is 10.5 Å². The zero-order valence-corrected chi connectivity index (χ0v) is 15.2. The predicted molar refractivity (Wildman–Crippen MR) is 98.9 cm³/mol. The van der Waals surface area contributed by atoms with Crippen molar-refractivity contribution in [1.82, 2.24) is 0 Å². The van der Waals surface area contributed by atoms with Gasteiger partial charge in [-0.3, -0.25) is 4.79 Å². The Morgan fingerprint density at radius 3 is 2.70 bits per heavy atom. The molecule has 2 aromatic carbocycles. The van der Waals surface area contributed by atoms with Crippen molar-refractivity contribution in [3.63, 3.8) is 0 Å². The first-order valence-corrected chi connectivity index (χ1v) is 8.68. The third-order valence-electron chi connectivity index (χ3n) is 3.93. The Hall–Kier alpha value is -2.64. The van der Waals surface area contributed by atoms with Gasteiger partial charge in [0.05, 0.1) is 11.3 Å². The normalized spacial score (nSPS) is 16.0. The summed E-state index contributed by atoms with van der Waals surface area (Å²) in [6.07, 6.45) is -0.382. The number of alkyl halides is 2. The quantitative estimate of drug-likeness (QED) is 0.725. The van der Waals surface area contributed by atoms with Gasteiger partial charge in [0, 0.05) is 17.7 Å². The van der Waals surface area contributed by atoms with E-state index in [0.29, 0.717) is 11.3 Å². The molecular weight excluding hydrogens is 398 g/mol. The summed E-state index contributed by atoms with van der Waals surface area (Å²) in [6, 6.07) is 10.5. The van der Waals surface area contributed by atoms with E-state index in [1.807, 2.05) is 0 Å². The molecule has 2 aromatic rings. The molecule has 3 rings (SSSR count). The lowest BCUT2D eigenvalue weighted by atomic mass is 9.96. The summed E-state index contributed by atoms with van der Waals surface area (Å²) in [5, 5.41) is 15.7. The Balaban J connectivity index is 1.81. The molecule has 1 unspecified atom stereocenters. The summed E-state index contributed by atoms with van der Waals surface area (Å²) < 4.78 is 14.2. The molecule has 1 aliphatic heterocycles. The van der Waals surface area contributed by atoms with Crippen molar-refractivity contribution in [2.75, 3.05) is 5.32 Å². The van der Waals surface area contributed by atoms with E-state index in [1.165, 1.54) is 18.2 Å². The Bertz CT molecular complexity index is 933. The van der Waals surface area contributed by atoms with Crippen LogP contribution in [0.3, 0.4) is 0 Å². The van der Waals surface area contributed by atoms with Crippen molar-refractivity contribution < 1.29 is 23.9 Å². The lowest BCUT2D eigenvalue weighted by molar-refractivity contribution is -0.114. The number of carboxylic acid groups (broad SMARTS) is 1. The van der Waals surface area contributed by atoms with Crippen molar-refractivity contribution in [2.45, 2.75) is 17.4 Å². The molecule has 9 heteroatoms. The average molecular weight is 411 g/mol. The molecular formula is C18H13Cl2FN2O4. The maximum absolute atomic E-state index is 14.2. The molecule has 0 saturated heterocycles. The summed E-state index contributed by atoms with van der Waals surface area (Å²) in [5.41, 5.74) is 1.04. The van der Waals surface area contributed by atoms with Crippen LogP contribution in [0.2, 0.25) is 0 Å². The third kappa shape index (κ3) is 4.20. The fourth-order valence-electron chi connectivity index (χ4n) is 2.71. The van der Waals surface area contributed by atoms with Crippen LogP contribution in [0.4, 0.5) is 10.1 Å². The number of carbonyl (C=O) groups excluding carboxylic acids is 1. The molecule has 1 aliphatic rings. The van der Waals surface area contributed by atoms with E-state index in [4.69, 9.17) is 28.0 Å². The van der Waals surface area contributed by atoms with Crippen LogP contribution >= 0.6 is 23.2 Å². The van der Waals surface area contributed by atoms with Crippen LogP contribution in [-0.2, 0) is 9.63 Å². The molecule has 140 valence electrons. The number of nitrogens with zero attached hydrogens (tertiary/aromatic N) is 1. The van der Waals surface area contributed by atoms with Gasteiger partial charge in [-0.2, -0.15) is 0 Å². The van der Waals surface area contributed by atoms with Crippen LogP contribution in [0.5, 0.6) is 0 Å². The lowest BCUT2D eigenvalue weighted by Gasteiger charge is -2.12. The molecule has 27 heavy (non-hydrogen) atoms. The van der Waals surface area contributed by atoms with Crippen molar-refractivity contribution >= 4 is 46.5 Å². The van der Waals surface area contributed by atoms with E-state index in [-0.39, 0.29) is 23.3 Å². The number of aromatic carboxylic acids is 1. The van der Waals surface area contributed by atoms with E-state index >= 15 is 0 Å². The number of carbonyl (C=O) groups is 2. The summed E-state index contributed by atoms with van der Waals surface area (Å²) in [4.78, 5) is 27.1. The molecule has 0 aliphatic carbocycles. The second kappa shape index (κ2) is 7.94.